The van der Waals surface area contributed by atoms with Crippen LogP contribution in [0.25, 0.3) is 0 Å². The van der Waals surface area contributed by atoms with Crippen molar-refractivity contribution in [1.82, 2.24) is 0 Å². The quantitative estimate of drug-likeness (QED) is 0.166. The lowest BCUT2D eigenvalue weighted by atomic mass is 10.1. The number of hydrogen-bond donors (Lipinski definition) is 0. The van der Waals surface area contributed by atoms with Crippen molar-refractivity contribution < 1.29 is 33.0 Å². The number of methoxy groups -OCH3 is 1. The summed E-state index contributed by atoms with van der Waals surface area (Å²) in [4.78, 5) is 37.5. The van der Waals surface area contributed by atoms with E-state index < -0.39 is 37.0 Å². The SMILES string of the molecule is COC(=O)C(C=O)Oc1cccc(O[Si](c2ccccc2)(c2ccccc2)C(C)(C)C)c1C(=O)OC(C)(C)C. The van der Waals surface area contributed by atoms with Crippen LogP contribution in [0.4, 0.5) is 0 Å². The third kappa shape index (κ3) is 6.57. The Morgan fingerprint density at radius 1 is 0.769 bits per heavy atom. The molecule has 1 unspecified atom stereocenters. The number of hydrogen-bond acceptors (Lipinski definition) is 7. The zero-order valence-corrected chi connectivity index (χ0v) is 24.5. The predicted molar refractivity (Wildman–Crippen MR) is 152 cm³/mol. The molecule has 3 aromatic carbocycles. The maximum atomic E-state index is 13.6. The van der Waals surface area contributed by atoms with Crippen molar-refractivity contribution in [2.45, 2.75) is 58.3 Å². The molecule has 1 atom stereocenters. The van der Waals surface area contributed by atoms with E-state index in [-0.39, 0.29) is 17.1 Å². The Bertz CT molecular complexity index is 1250. The zero-order chi connectivity index (χ0) is 28.8. The molecule has 0 aliphatic heterocycles. The Morgan fingerprint density at radius 3 is 1.72 bits per heavy atom. The standard InChI is InChI=1S/C31H36O7Si/c1-30(2,3)37-29(34)27-24(36-26(21-32)28(33)35-7)19-14-20-25(27)38-39(31(4,5)6,22-15-10-8-11-16-22)23-17-12-9-13-18-23/h8-21,26H,1-7H3. The first kappa shape index (κ1) is 29.6. The molecule has 0 fully saturated rings. The van der Waals surface area contributed by atoms with E-state index in [4.69, 9.17) is 18.6 Å². The van der Waals surface area contributed by atoms with Crippen LogP contribution in [0.2, 0.25) is 5.04 Å². The van der Waals surface area contributed by atoms with Crippen LogP contribution >= 0.6 is 0 Å². The van der Waals surface area contributed by atoms with Crippen LogP contribution in [-0.4, -0.2) is 45.4 Å². The smallest absolute Gasteiger partial charge is 0.354 e. The second kappa shape index (κ2) is 11.9. The average Bonchev–Trinajstić information content (AvgIpc) is 2.89. The lowest BCUT2D eigenvalue weighted by Gasteiger charge is -2.43. The molecule has 8 heteroatoms. The summed E-state index contributed by atoms with van der Waals surface area (Å²) in [5.41, 5.74) is -0.846. The number of aldehydes is 1. The van der Waals surface area contributed by atoms with Crippen molar-refractivity contribution >= 4 is 36.9 Å². The molecule has 0 saturated carbocycles. The first-order valence-electron chi connectivity index (χ1n) is 12.7. The van der Waals surface area contributed by atoms with Gasteiger partial charge in [-0.1, -0.05) is 87.5 Å². The van der Waals surface area contributed by atoms with Gasteiger partial charge in [-0.3, -0.25) is 4.79 Å². The van der Waals surface area contributed by atoms with Crippen LogP contribution in [-0.2, 0) is 19.1 Å². The highest BCUT2D eigenvalue weighted by Crippen LogP contribution is 2.40. The second-order valence-corrected chi connectivity index (χ2v) is 15.3. The van der Waals surface area contributed by atoms with Crippen molar-refractivity contribution in [2.75, 3.05) is 7.11 Å². The van der Waals surface area contributed by atoms with E-state index in [1.54, 1.807) is 32.9 Å². The van der Waals surface area contributed by atoms with Crippen molar-refractivity contribution in [3.8, 4) is 11.5 Å². The second-order valence-electron chi connectivity index (χ2n) is 11.1. The van der Waals surface area contributed by atoms with Crippen LogP contribution in [0.3, 0.4) is 0 Å². The molecular formula is C31H36O7Si. The molecule has 206 valence electrons. The molecule has 39 heavy (non-hydrogen) atoms. The van der Waals surface area contributed by atoms with Crippen molar-refractivity contribution in [3.05, 3.63) is 84.4 Å². The van der Waals surface area contributed by atoms with Gasteiger partial charge in [-0.25, -0.2) is 9.59 Å². The van der Waals surface area contributed by atoms with Crippen LogP contribution in [0, 0.1) is 0 Å². The number of benzene rings is 3. The van der Waals surface area contributed by atoms with Crippen LogP contribution in [0.1, 0.15) is 51.9 Å². The van der Waals surface area contributed by atoms with Gasteiger partial charge in [0.25, 0.3) is 0 Å². The van der Waals surface area contributed by atoms with Gasteiger partial charge in [-0.2, -0.15) is 0 Å². The molecule has 0 aliphatic carbocycles. The van der Waals surface area contributed by atoms with Crippen LogP contribution in [0.5, 0.6) is 11.5 Å². The molecule has 3 rings (SSSR count). The molecule has 0 bridgehead atoms. The van der Waals surface area contributed by atoms with Crippen LogP contribution in [0.15, 0.2) is 78.9 Å². The third-order valence-electron chi connectivity index (χ3n) is 6.08. The molecule has 0 heterocycles. The van der Waals surface area contributed by atoms with Gasteiger partial charge in [0.2, 0.25) is 6.10 Å². The first-order chi connectivity index (χ1) is 18.3. The molecule has 0 aromatic heterocycles. The van der Waals surface area contributed by atoms with Gasteiger partial charge < -0.3 is 18.6 Å². The van der Waals surface area contributed by atoms with E-state index >= 15 is 0 Å². The predicted octanol–water partition coefficient (Wildman–Crippen LogP) is 4.70. The molecule has 7 nitrogen and oxygen atoms in total. The largest absolute Gasteiger partial charge is 0.533 e. The molecular weight excluding hydrogens is 512 g/mol. The minimum atomic E-state index is -3.15. The molecule has 0 saturated heterocycles. The highest BCUT2D eigenvalue weighted by atomic mass is 28.4. The maximum absolute atomic E-state index is 13.6. The number of esters is 2. The molecule has 0 spiro atoms. The van der Waals surface area contributed by atoms with Crippen molar-refractivity contribution in [3.63, 3.8) is 0 Å². The minimum Gasteiger partial charge on any atom is -0.533 e. The topological polar surface area (TPSA) is 88.1 Å². The zero-order valence-electron chi connectivity index (χ0n) is 23.5. The van der Waals surface area contributed by atoms with Gasteiger partial charge in [0.15, 0.2) is 6.29 Å². The summed E-state index contributed by atoms with van der Waals surface area (Å²) in [5.74, 6) is -1.40. The number of rotatable bonds is 9. The van der Waals surface area contributed by atoms with Crippen molar-refractivity contribution in [2.24, 2.45) is 0 Å². The number of ether oxygens (including phenoxy) is 3. The fourth-order valence-corrected chi connectivity index (χ4v) is 8.85. The van der Waals surface area contributed by atoms with Crippen LogP contribution < -0.4 is 19.5 Å². The Morgan fingerprint density at radius 2 is 1.28 bits per heavy atom. The summed E-state index contributed by atoms with van der Waals surface area (Å²) in [6.07, 6.45) is -1.25. The summed E-state index contributed by atoms with van der Waals surface area (Å²) >= 11 is 0. The Labute approximate surface area is 231 Å². The van der Waals surface area contributed by atoms with Gasteiger partial charge >= 0.3 is 20.3 Å². The third-order valence-corrected chi connectivity index (χ3v) is 11.0. The molecule has 0 N–H and O–H groups in total. The van der Waals surface area contributed by atoms with Gasteiger partial charge in [-0.05, 0) is 48.3 Å². The number of carbonyl (C=O) groups excluding carboxylic acids is 3. The Hall–Kier alpha value is -3.91. The van der Waals surface area contributed by atoms with E-state index in [2.05, 4.69) is 20.8 Å². The molecule has 0 radical (unpaired) electrons. The van der Waals surface area contributed by atoms with E-state index in [0.29, 0.717) is 6.29 Å². The monoisotopic (exact) mass is 548 g/mol. The lowest BCUT2D eigenvalue weighted by Crippen LogP contribution is -2.69. The van der Waals surface area contributed by atoms with Gasteiger partial charge in [-0.15, -0.1) is 0 Å². The minimum absolute atomic E-state index is 0.0174. The summed E-state index contributed by atoms with van der Waals surface area (Å²) in [6, 6.07) is 24.7. The van der Waals surface area contributed by atoms with Gasteiger partial charge in [0.05, 0.1) is 7.11 Å². The molecule has 0 amide bonds. The van der Waals surface area contributed by atoms with E-state index in [0.717, 1.165) is 17.5 Å². The van der Waals surface area contributed by atoms with E-state index in [1.165, 1.54) is 6.07 Å². The molecule has 0 aliphatic rings. The van der Waals surface area contributed by atoms with Crippen molar-refractivity contribution in [1.29, 1.82) is 0 Å². The highest BCUT2D eigenvalue weighted by Gasteiger charge is 2.52. The average molecular weight is 549 g/mol. The first-order valence-corrected chi connectivity index (χ1v) is 14.6. The fraction of sp³-hybridized carbons (Fsp3) is 0.323. The summed E-state index contributed by atoms with van der Waals surface area (Å²) < 4.78 is 23.3. The van der Waals surface area contributed by atoms with E-state index in [9.17, 15) is 14.4 Å². The number of carbonyl (C=O) groups is 3. The van der Waals surface area contributed by atoms with Gasteiger partial charge in [0, 0.05) is 0 Å². The van der Waals surface area contributed by atoms with E-state index in [1.807, 2.05) is 60.7 Å². The maximum Gasteiger partial charge on any atom is 0.354 e. The summed E-state index contributed by atoms with van der Waals surface area (Å²) in [6.45, 7) is 11.6. The van der Waals surface area contributed by atoms with Gasteiger partial charge in [0.1, 0.15) is 22.7 Å². The lowest BCUT2D eigenvalue weighted by molar-refractivity contribution is -0.150. The normalized spacial score (nSPS) is 12.7. The fourth-order valence-electron chi connectivity index (χ4n) is 4.42. The Balaban J connectivity index is 2.31. The summed E-state index contributed by atoms with van der Waals surface area (Å²) in [5, 5.41) is 1.62. The summed E-state index contributed by atoms with van der Waals surface area (Å²) in [7, 11) is -2.00. The molecule has 3 aromatic rings. The Kier molecular flexibility index (Phi) is 9.02. The highest BCUT2D eigenvalue weighted by molar-refractivity contribution is 7.00.